The minimum absolute atomic E-state index is 0.0482. The number of carbonyl (C=O) groups excluding carboxylic acids is 2. The van der Waals surface area contributed by atoms with E-state index >= 15 is 0 Å². The molecular weight excluding hydrogens is 441 g/mol. The Morgan fingerprint density at radius 2 is 1.88 bits per heavy atom. The van der Waals surface area contributed by atoms with Crippen molar-refractivity contribution in [2.45, 2.75) is 65.3 Å². The molecule has 2 heterocycles. The van der Waals surface area contributed by atoms with E-state index in [-0.39, 0.29) is 30.4 Å². The van der Waals surface area contributed by atoms with Crippen molar-refractivity contribution in [2.75, 3.05) is 19.7 Å². The largest absolute Gasteiger partial charge is 0.376 e. The van der Waals surface area contributed by atoms with E-state index in [9.17, 15) is 14.0 Å². The van der Waals surface area contributed by atoms with Gasteiger partial charge in [-0.3, -0.25) is 4.79 Å². The monoisotopic (exact) mass is 475 g/mol. The summed E-state index contributed by atoms with van der Waals surface area (Å²) in [4.78, 5) is 30.9. The van der Waals surface area contributed by atoms with Gasteiger partial charge in [-0.25, -0.2) is 9.18 Å². The van der Waals surface area contributed by atoms with Crippen LogP contribution in [0.2, 0.25) is 0 Å². The molecule has 3 rings (SSSR count). The van der Waals surface area contributed by atoms with E-state index in [0.717, 1.165) is 28.8 Å². The van der Waals surface area contributed by atoms with Gasteiger partial charge >= 0.3 is 6.03 Å². The number of aryl methyl sites for hydroxylation is 1. The number of thiophene rings is 1. The fraction of sp³-hybridized carbons (Fsp3) is 0.520. The third-order valence-electron chi connectivity index (χ3n) is 5.49. The minimum Gasteiger partial charge on any atom is -0.376 e. The molecule has 1 unspecified atom stereocenters. The smallest absolute Gasteiger partial charge is 0.318 e. The molecule has 0 aliphatic carbocycles. The molecule has 0 bridgehead atoms. The van der Waals surface area contributed by atoms with Gasteiger partial charge in [0, 0.05) is 30.1 Å². The van der Waals surface area contributed by atoms with Crippen molar-refractivity contribution in [3.8, 4) is 0 Å². The van der Waals surface area contributed by atoms with Crippen LogP contribution in [0.25, 0.3) is 0 Å². The summed E-state index contributed by atoms with van der Waals surface area (Å²) in [5.74, 6) is -0.471. The van der Waals surface area contributed by atoms with Gasteiger partial charge in [0.15, 0.2) is 0 Å². The molecule has 8 heteroatoms. The number of urea groups is 1. The highest BCUT2D eigenvalue weighted by Gasteiger charge is 2.28. The molecule has 1 aromatic carbocycles. The Labute approximate surface area is 199 Å². The van der Waals surface area contributed by atoms with Gasteiger partial charge in [0.2, 0.25) is 5.91 Å². The molecule has 1 atom stereocenters. The Kier molecular flexibility index (Phi) is 8.48. The van der Waals surface area contributed by atoms with Gasteiger partial charge in [-0.2, -0.15) is 0 Å². The van der Waals surface area contributed by atoms with Gasteiger partial charge in [0.25, 0.3) is 0 Å². The molecule has 1 aliphatic heterocycles. The number of amides is 3. The SMILES string of the molecule is Cc1ccsc1CN(Cc1ccc(F)cc1)C(=O)CN(CC1CCCO1)C(=O)NC(C)(C)C. The van der Waals surface area contributed by atoms with Crippen molar-refractivity contribution < 1.29 is 18.7 Å². The second-order valence-corrected chi connectivity index (χ2v) is 10.6. The molecule has 2 aromatic rings. The fourth-order valence-electron chi connectivity index (χ4n) is 3.70. The summed E-state index contributed by atoms with van der Waals surface area (Å²) in [6, 6.07) is 7.92. The lowest BCUT2D eigenvalue weighted by Gasteiger charge is -2.31. The molecule has 1 saturated heterocycles. The number of nitrogens with one attached hydrogen (secondary N) is 1. The van der Waals surface area contributed by atoms with Crippen LogP contribution in [0.3, 0.4) is 0 Å². The molecule has 180 valence electrons. The standard InChI is InChI=1S/C25H34FN3O3S/c1-18-11-13-33-22(18)16-28(14-19-7-9-20(26)10-8-19)23(30)17-29(15-21-6-5-12-32-21)24(31)27-25(2,3)4/h7-11,13,21H,5-6,12,14-17H2,1-4H3,(H,27,31). The third kappa shape index (κ3) is 7.82. The van der Waals surface area contributed by atoms with Crippen molar-refractivity contribution in [2.24, 2.45) is 0 Å². The van der Waals surface area contributed by atoms with E-state index < -0.39 is 5.54 Å². The van der Waals surface area contributed by atoms with Crippen LogP contribution < -0.4 is 5.32 Å². The molecule has 0 saturated carbocycles. The van der Waals surface area contributed by atoms with Crippen LogP contribution >= 0.6 is 11.3 Å². The summed E-state index contributed by atoms with van der Waals surface area (Å²) in [5, 5.41) is 4.97. The number of carbonyl (C=O) groups is 2. The Morgan fingerprint density at radius 3 is 2.45 bits per heavy atom. The molecule has 1 aliphatic rings. The van der Waals surface area contributed by atoms with Gasteiger partial charge in [-0.15, -0.1) is 11.3 Å². The highest BCUT2D eigenvalue weighted by molar-refractivity contribution is 7.10. The van der Waals surface area contributed by atoms with Gasteiger partial charge in [-0.05, 0) is 75.2 Å². The molecule has 33 heavy (non-hydrogen) atoms. The predicted molar refractivity (Wildman–Crippen MR) is 129 cm³/mol. The first-order chi connectivity index (χ1) is 15.6. The lowest BCUT2D eigenvalue weighted by Crippen LogP contribution is -2.53. The number of hydrogen-bond donors (Lipinski definition) is 1. The number of hydrogen-bond acceptors (Lipinski definition) is 4. The third-order valence-corrected chi connectivity index (χ3v) is 6.49. The minimum atomic E-state index is -0.420. The predicted octanol–water partition coefficient (Wildman–Crippen LogP) is 4.71. The average molecular weight is 476 g/mol. The van der Waals surface area contributed by atoms with Crippen LogP contribution in [0.4, 0.5) is 9.18 Å². The average Bonchev–Trinajstić information content (AvgIpc) is 3.39. The van der Waals surface area contributed by atoms with Crippen molar-refractivity contribution in [3.63, 3.8) is 0 Å². The van der Waals surface area contributed by atoms with Gasteiger partial charge < -0.3 is 19.9 Å². The highest BCUT2D eigenvalue weighted by atomic mass is 32.1. The molecule has 1 N–H and O–H groups in total. The lowest BCUT2D eigenvalue weighted by atomic mass is 10.1. The topological polar surface area (TPSA) is 61.9 Å². The number of halogens is 1. The Morgan fingerprint density at radius 1 is 1.15 bits per heavy atom. The number of rotatable bonds is 8. The van der Waals surface area contributed by atoms with Crippen LogP contribution in [0.1, 0.15) is 49.6 Å². The Bertz CT molecular complexity index is 933. The summed E-state index contributed by atoms with van der Waals surface area (Å²) in [5.41, 5.74) is 1.54. The zero-order valence-electron chi connectivity index (χ0n) is 19.9. The maximum Gasteiger partial charge on any atom is 0.318 e. The van der Waals surface area contributed by atoms with Crippen LogP contribution in [-0.2, 0) is 22.6 Å². The van der Waals surface area contributed by atoms with E-state index in [1.54, 1.807) is 33.3 Å². The van der Waals surface area contributed by atoms with Crippen molar-refractivity contribution >= 4 is 23.3 Å². The Hall–Kier alpha value is -2.45. The second kappa shape index (κ2) is 11.1. The van der Waals surface area contributed by atoms with Gasteiger partial charge in [-0.1, -0.05) is 12.1 Å². The van der Waals surface area contributed by atoms with E-state index in [2.05, 4.69) is 5.32 Å². The van der Waals surface area contributed by atoms with Crippen molar-refractivity contribution in [1.29, 1.82) is 0 Å². The summed E-state index contributed by atoms with van der Waals surface area (Å²) in [7, 11) is 0. The molecule has 1 fully saturated rings. The zero-order chi connectivity index (χ0) is 24.0. The van der Waals surface area contributed by atoms with E-state index in [1.165, 1.54) is 12.1 Å². The first-order valence-electron chi connectivity index (χ1n) is 11.3. The molecule has 0 radical (unpaired) electrons. The van der Waals surface area contributed by atoms with Gasteiger partial charge in [0.05, 0.1) is 12.6 Å². The van der Waals surface area contributed by atoms with Crippen molar-refractivity contribution in [1.82, 2.24) is 15.1 Å². The van der Waals surface area contributed by atoms with Crippen LogP contribution in [-0.4, -0.2) is 53.1 Å². The summed E-state index contributed by atoms with van der Waals surface area (Å²) < 4.78 is 19.1. The van der Waals surface area contributed by atoms with E-state index in [1.807, 2.05) is 39.1 Å². The van der Waals surface area contributed by atoms with Crippen molar-refractivity contribution in [3.05, 3.63) is 57.5 Å². The van der Waals surface area contributed by atoms with Gasteiger partial charge in [0.1, 0.15) is 12.4 Å². The highest BCUT2D eigenvalue weighted by Crippen LogP contribution is 2.20. The first-order valence-corrected chi connectivity index (χ1v) is 12.2. The maximum absolute atomic E-state index is 13.5. The first kappa shape index (κ1) is 25.2. The number of benzene rings is 1. The normalized spacial score (nSPS) is 16.0. The van der Waals surface area contributed by atoms with Crippen LogP contribution in [0.15, 0.2) is 35.7 Å². The molecule has 0 spiro atoms. The quantitative estimate of drug-likeness (QED) is 0.601. The molecule has 6 nitrogen and oxygen atoms in total. The summed E-state index contributed by atoms with van der Waals surface area (Å²) in [6.45, 7) is 9.55. The molecule has 3 amide bonds. The summed E-state index contributed by atoms with van der Waals surface area (Å²) >= 11 is 1.60. The molecular formula is C25H34FN3O3S. The number of nitrogens with zero attached hydrogens (tertiary/aromatic N) is 2. The van der Waals surface area contributed by atoms with E-state index in [0.29, 0.717) is 26.2 Å². The van der Waals surface area contributed by atoms with E-state index in [4.69, 9.17) is 4.74 Å². The number of ether oxygens (including phenoxy) is 1. The maximum atomic E-state index is 13.5. The Balaban J connectivity index is 1.78. The lowest BCUT2D eigenvalue weighted by molar-refractivity contribution is -0.133. The summed E-state index contributed by atoms with van der Waals surface area (Å²) in [6.07, 6.45) is 1.77. The fourth-order valence-corrected chi connectivity index (χ4v) is 4.62. The second-order valence-electron chi connectivity index (χ2n) is 9.60. The van der Waals surface area contributed by atoms with Crippen LogP contribution in [0, 0.1) is 12.7 Å². The zero-order valence-corrected chi connectivity index (χ0v) is 20.7. The van der Waals surface area contributed by atoms with Crippen LogP contribution in [0.5, 0.6) is 0 Å². The molecule has 1 aromatic heterocycles.